The number of hydrogen-bond donors (Lipinski definition) is 1. The second kappa shape index (κ2) is 7.64. The SMILES string of the molecule is CC(N)C#Cc1cnc(Oc2ccc(Oc3ccccc3)cc2)s1. The quantitative estimate of drug-likeness (QED) is 0.716. The lowest BCUT2D eigenvalue weighted by Gasteiger charge is -2.06. The Hall–Kier alpha value is -2.81. The van der Waals surface area contributed by atoms with Gasteiger partial charge in [-0.3, -0.25) is 0 Å². The third-order valence-corrected chi connectivity index (χ3v) is 3.71. The van der Waals surface area contributed by atoms with Crippen LogP contribution in [-0.2, 0) is 0 Å². The van der Waals surface area contributed by atoms with Crippen molar-refractivity contribution in [3.8, 4) is 34.3 Å². The molecular weight excluding hydrogens is 320 g/mol. The average Bonchev–Trinajstić information content (AvgIpc) is 3.03. The molecule has 0 fully saturated rings. The molecule has 120 valence electrons. The zero-order valence-corrected chi connectivity index (χ0v) is 13.9. The Morgan fingerprint density at radius 1 is 0.958 bits per heavy atom. The molecule has 1 aromatic heterocycles. The van der Waals surface area contributed by atoms with E-state index in [4.69, 9.17) is 15.2 Å². The second-order valence-electron chi connectivity index (χ2n) is 5.04. The standard InChI is InChI=1S/C19H16N2O2S/c1-14(20)7-12-18-13-21-19(24-18)23-17-10-8-16(9-11-17)22-15-5-3-2-4-6-15/h2-6,8-11,13-14H,20H2,1H3. The van der Waals surface area contributed by atoms with Crippen LogP contribution in [0.2, 0.25) is 0 Å². The van der Waals surface area contributed by atoms with Gasteiger partial charge in [-0.2, -0.15) is 0 Å². The Balaban J connectivity index is 1.63. The van der Waals surface area contributed by atoms with Gasteiger partial charge in [-0.15, -0.1) is 0 Å². The van der Waals surface area contributed by atoms with Gasteiger partial charge in [0.15, 0.2) is 0 Å². The highest BCUT2D eigenvalue weighted by atomic mass is 32.1. The van der Waals surface area contributed by atoms with Gasteiger partial charge in [-0.05, 0) is 43.3 Å². The van der Waals surface area contributed by atoms with Crippen molar-refractivity contribution >= 4 is 11.3 Å². The number of ether oxygens (including phenoxy) is 2. The van der Waals surface area contributed by atoms with E-state index in [1.54, 1.807) is 6.20 Å². The van der Waals surface area contributed by atoms with Crippen LogP contribution in [0.1, 0.15) is 11.8 Å². The van der Waals surface area contributed by atoms with E-state index in [2.05, 4.69) is 16.8 Å². The molecule has 0 bridgehead atoms. The highest BCUT2D eigenvalue weighted by Crippen LogP contribution is 2.28. The molecule has 2 aromatic carbocycles. The van der Waals surface area contributed by atoms with Crippen LogP contribution < -0.4 is 15.2 Å². The first-order valence-corrected chi connectivity index (χ1v) is 8.24. The third-order valence-electron chi connectivity index (χ3n) is 2.92. The molecule has 0 aliphatic heterocycles. The van der Waals surface area contributed by atoms with E-state index in [9.17, 15) is 0 Å². The molecule has 0 radical (unpaired) electrons. The third kappa shape index (κ3) is 4.59. The molecule has 4 nitrogen and oxygen atoms in total. The van der Waals surface area contributed by atoms with E-state index in [1.807, 2.05) is 61.5 Å². The highest BCUT2D eigenvalue weighted by Gasteiger charge is 2.04. The lowest BCUT2D eigenvalue weighted by Crippen LogP contribution is -2.10. The number of nitrogens with two attached hydrogens (primary N) is 1. The van der Waals surface area contributed by atoms with Crippen LogP contribution in [0.3, 0.4) is 0 Å². The van der Waals surface area contributed by atoms with Gasteiger partial charge in [0.05, 0.1) is 12.2 Å². The Bertz CT molecular complexity index is 846. The summed E-state index contributed by atoms with van der Waals surface area (Å²) in [6.45, 7) is 1.84. The average molecular weight is 336 g/mol. The Morgan fingerprint density at radius 3 is 2.25 bits per heavy atom. The molecule has 0 aliphatic carbocycles. The molecule has 3 aromatic rings. The topological polar surface area (TPSA) is 57.4 Å². The molecule has 3 rings (SSSR count). The Labute approximate surface area is 144 Å². The summed E-state index contributed by atoms with van der Waals surface area (Å²) >= 11 is 1.38. The van der Waals surface area contributed by atoms with Crippen molar-refractivity contribution in [1.82, 2.24) is 4.98 Å². The Kier molecular flexibility index (Phi) is 5.12. The van der Waals surface area contributed by atoms with Crippen molar-refractivity contribution in [1.29, 1.82) is 0 Å². The van der Waals surface area contributed by atoms with Gasteiger partial charge < -0.3 is 15.2 Å². The monoisotopic (exact) mass is 336 g/mol. The lowest BCUT2D eigenvalue weighted by atomic mass is 10.3. The molecule has 1 atom stereocenters. The van der Waals surface area contributed by atoms with Gasteiger partial charge in [0, 0.05) is 0 Å². The molecular formula is C19H16N2O2S. The summed E-state index contributed by atoms with van der Waals surface area (Å²) in [6, 6.07) is 16.9. The molecule has 2 N–H and O–H groups in total. The van der Waals surface area contributed by atoms with Crippen LogP contribution in [0.15, 0.2) is 60.8 Å². The van der Waals surface area contributed by atoms with Gasteiger partial charge in [0.25, 0.3) is 5.19 Å². The van der Waals surface area contributed by atoms with E-state index < -0.39 is 0 Å². The van der Waals surface area contributed by atoms with Gasteiger partial charge in [0.2, 0.25) is 0 Å². The normalized spacial score (nSPS) is 11.2. The summed E-state index contributed by atoms with van der Waals surface area (Å²) in [4.78, 5) is 5.03. The van der Waals surface area contributed by atoms with Crippen LogP contribution >= 0.6 is 11.3 Å². The first kappa shape index (κ1) is 16.1. The summed E-state index contributed by atoms with van der Waals surface area (Å²) in [5, 5.41) is 0.542. The molecule has 5 heteroatoms. The van der Waals surface area contributed by atoms with Crippen LogP contribution in [0, 0.1) is 11.8 Å². The maximum Gasteiger partial charge on any atom is 0.279 e. The number of aromatic nitrogens is 1. The summed E-state index contributed by atoms with van der Waals surface area (Å²) in [5.41, 5.74) is 5.61. The number of para-hydroxylation sites is 1. The van der Waals surface area contributed by atoms with Gasteiger partial charge >= 0.3 is 0 Å². The van der Waals surface area contributed by atoms with Gasteiger partial charge in [-0.1, -0.05) is 41.4 Å². The van der Waals surface area contributed by atoms with Crippen molar-refractivity contribution in [3.05, 3.63) is 65.7 Å². The van der Waals surface area contributed by atoms with Crippen LogP contribution in [0.4, 0.5) is 0 Å². The van der Waals surface area contributed by atoms with Crippen molar-refractivity contribution in [3.63, 3.8) is 0 Å². The molecule has 0 amide bonds. The van der Waals surface area contributed by atoms with Crippen LogP contribution in [0.5, 0.6) is 22.4 Å². The molecule has 0 saturated heterocycles. The van der Waals surface area contributed by atoms with Crippen LogP contribution in [0.25, 0.3) is 0 Å². The minimum atomic E-state index is -0.159. The molecule has 24 heavy (non-hydrogen) atoms. The van der Waals surface area contributed by atoms with E-state index >= 15 is 0 Å². The summed E-state index contributed by atoms with van der Waals surface area (Å²) in [6.07, 6.45) is 1.68. The van der Waals surface area contributed by atoms with Crippen molar-refractivity contribution < 1.29 is 9.47 Å². The molecule has 0 aliphatic rings. The fraction of sp³-hybridized carbons (Fsp3) is 0.105. The maximum absolute atomic E-state index is 5.74. The summed E-state index contributed by atoms with van der Waals surface area (Å²) < 4.78 is 11.5. The van der Waals surface area contributed by atoms with E-state index in [-0.39, 0.29) is 6.04 Å². The van der Waals surface area contributed by atoms with E-state index in [0.29, 0.717) is 10.9 Å². The lowest BCUT2D eigenvalue weighted by molar-refractivity contribution is 0.467. The van der Waals surface area contributed by atoms with Crippen molar-refractivity contribution in [2.45, 2.75) is 13.0 Å². The Morgan fingerprint density at radius 2 is 1.58 bits per heavy atom. The maximum atomic E-state index is 5.74. The van der Waals surface area contributed by atoms with E-state index in [0.717, 1.165) is 16.4 Å². The molecule has 0 spiro atoms. The zero-order chi connectivity index (χ0) is 16.8. The predicted octanol–water partition coefficient (Wildman–Crippen LogP) is 4.43. The fourth-order valence-electron chi connectivity index (χ4n) is 1.85. The predicted molar refractivity (Wildman–Crippen MR) is 95.7 cm³/mol. The second-order valence-corrected chi connectivity index (χ2v) is 6.03. The number of nitrogens with zero attached hydrogens (tertiary/aromatic N) is 1. The molecule has 0 saturated carbocycles. The minimum absolute atomic E-state index is 0.159. The smallest absolute Gasteiger partial charge is 0.279 e. The highest BCUT2D eigenvalue weighted by molar-refractivity contribution is 7.13. The van der Waals surface area contributed by atoms with E-state index in [1.165, 1.54) is 11.3 Å². The summed E-state index contributed by atoms with van der Waals surface area (Å²) in [7, 11) is 0. The minimum Gasteiger partial charge on any atom is -0.457 e. The first-order chi connectivity index (χ1) is 11.7. The summed E-state index contributed by atoms with van der Waals surface area (Å²) in [5.74, 6) is 8.10. The zero-order valence-electron chi connectivity index (χ0n) is 13.1. The van der Waals surface area contributed by atoms with Gasteiger partial charge in [0.1, 0.15) is 22.1 Å². The van der Waals surface area contributed by atoms with Crippen molar-refractivity contribution in [2.24, 2.45) is 5.73 Å². The number of rotatable bonds is 4. The van der Waals surface area contributed by atoms with Crippen LogP contribution in [-0.4, -0.2) is 11.0 Å². The fourth-order valence-corrected chi connectivity index (χ4v) is 2.50. The van der Waals surface area contributed by atoms with Gasteiger partial charge in [-0.25, -0.2) is 4.98 Å². The first-order valence-electron chi connectivity index (χ1n) is 7.43. The largest absolute Gasteiger partial charge is 0.457 e. The number of benzene rings is 2. The number of hydrogen-bond acceptors (Lipinski definition) is 5. The number of thiazole rings is 1. The molecule has 1 heterocycles. The van der Waals surface area contributed by atoms with Crippen molar-refractivity contribution in [2.75, 3.05) is 0 Å². The molecule has 1 unspecified atom stereocenters.